The monoisotopic (exact) mass is 400 g/mol. The van der Waals surface area contributed by atoms with Crippen LogP contribution in [-0.4, -0.2) is 38.3 Å². The molecule has 27 heavy (non-hydrogen) atoms. The Hall–Kier alpha value is -1.96. The maximum absolute atomic E-state index is 13.4. The van der Waals surface area contributed by atoms with E-state index in [1.807, 2.05) is 0 Å². The summed E-state index contributed by atoms with van der Waals surface area (Å²) >= 11 is 0. The van der Waals surface area contributed by atoms with Crippen LogP contribution in [0.4, 0.5) is 8.78 Å². The van der Waals surface area contributed by atoms with E-state index < -0.39 is 33.4 Å². The van der Waals surface area contributed by atoms with Gasteiger partial charge in [0.05, 0.1) is 16.6 Å². The molecule has 3 rings (SSSR count). The smallest absolute Gasteiger partial charge is 0.374 e. The molecule has 0 bridgehead atoms. The number of carbonyl (C=O) groups is 1. The van der Waals surface area contributed by atoms with Gasteiger partial charge in [0.1, 0.15) is 5.60 Å². The third-order valence-corrected chi connectivity index (χ3v) is 6.01. The second-order valence-electron chi connectivity index (χ2n) is 7.57. The molecule has 0 N–H and O–H groups in total. The molecule has 1 aliphatic carbocycles. The number of hydrogen-bond acceptors (Lipinski definition) is 5. The topological polar surface area (TPSA) is 69.7 Å². The van der Waals surface area contributed by atoms with Gasteiger partial charge in [0, 0.05) is 19.1 Å². The van der Waals surface area contributed by atoms with Gasteiger partial charge in [-0.05, 0) is 44.4 Å². The lowest BCUT2D eigenvalue weighted by molar-refractivity contribution is -0.148. The fourth-order valence-corrected chi connectivity index (χ4v) is 4.09. The van der Waals surface area contributed by atoms with Gasteiger partial charge in [-0.1, -0.05) is 12.1 Å². The van der Waals surface area contributed by atoms with E-state index in [4.69, 9.17) is 9.47 Å². The van der Waals surface area contributed by atoms with E-state index in [0.29, 0.717) is 11.1 Å². The molecular formula is C19H22F2O5S. The molecule has 1 aromatic rings. The van der Waals surface area contributed by atoms with Gasteiger partial charge in [-0.25, -0.2) is 22.0 Å². The molecule has 1 saturated carbocycles. The largest absolute Gasteiger partial charge is 0.483 e. The highest BCUT2D eigenvalue weighted by molar-refractivity contribution is 7.90. The molecule has 0 spiro atoms. The quantitative estimate of drug-likeness (QED) is 0.721. The Morgan fingerprint density at radius 2 is 1.67 bits per heavy atom. The van der Waals surface area contributed by atoms with Gasteiger partial charge in [0.25, 0.3) is 0 Å². The first-order valence-electron chi connectivity index (χ1n) is 8.72. The standard InChI is InChI=1S/C19H22F2O5S/c1-18(2)15(12-4-6-14(7-5-12)27(3,23)24)16(17(22)26-18)25-13-8-10-19(20,21)11-9-13/h4-7,13H,8-11H2,1-3H3. The van der Waals surface area contributed by atoms with Crippen molar-refractivity contribution in [1.82, 2.24) is 0 Å². The number of esters is 1. The number of ether oxygens (including phenoxy) is 2. The summed E-state index contributed by atoms with van der Waals surface area (Å²) in [6.07, 6.45) is 0.394. The van der Waals surface area contributed by atoms with E-state index >= 15 is 0 Å². The van der Waals surface area contributed by atoms with E-state index in [-0.39, 0.29) is 36.3 Å². The van der Waals surface area contributed by atoms with Crippen LogP contribution in [0.5, 0.6) is 0 Å². The number of benzene rings is 1. The molecular weight excluding hydrogens is 378 g/mol. The molecule has 1 aliphatic heterocycles. The maximum Gasteiger partial charge on any atom is 0.374 e. The molecule has 0 atom stereocenters. The molecule has 1 aromatic carbocycles. The highest BCUT2D eigenvalue weighted by Crippen LogP contribution is 2.42. The Labute approximate surface area is 157 Å². The van der Waals surface area contributed by atoms with Crippen molar-refractivity contribution in [3.8, 4) is 0 Å². The summed E-state index contributed by atoms with van der Waals surface area (Å²) < 4.78 is 61.2. The Morgan fingerprint density at radius 3 is 2.19 bits per heavy atom. The average molecular weight is 400 g/mol. The second kappa shape index (κ2) is 6.58. The second-order valence-corrected chi connectivity index (χ2v) is 9.59. The number of carbonyl (C=O) groups excluding carboxylic acids is 1. The van der Waals surface area contributed by atoms with E-state index in [0.717, 1.165) is 6.26 Å². The Balaban J connectivity index is 1.94. The van der Waals surface area contributed by atoms with Crippen LogP contribution in [0.3, 0.4) is 0 Å². The van der Waals surface area contributed by atoms with Gasteiger partial charge in [-0.2, -0.15) is 0 Å². The number of halogens is 2. The van der Waals surface area contributed by atoms with Gasteiger partial charge in [0.2, 0.25) is 11.7 Å². The number of sulfone groups is 1. The third kappa shape index (κ3) is 4.15. The Kier molecular flexibility index (Phi) is 4.82. The fourth-order valence-electron chi connectivity index (χ4n) is 3.46. The summed E-state index contributed by atoms with van der Waals surface area (Å²) in [6.45, 7) is 3.41. The molecule has 0 radical (unpaired) electrons. The molecule has 0 aromatic heterocycles. The molecule has 0 saturated heterocycles. The van der Waals surface area contributed by atoms with Gasteiger partial charge in [-0.3, -0.25) is 0 Å². The lowest BCUT2D eigenvalue weighted by Gasteiger charge is -2.28. The molecule has 0 amide bonds. The van der Waals surface area contributed by atoms with E-state index in [2.05, 4.69) is 0 Å². The van der Waals surface area contributed by atoms with Crippen LogP contribution in [0.2, 0.25) is 0 Å². The minimum atomic E-state index is -3.35. The highest BCUT2D eigenvalue weighted by Gasteiger charge is 2.44. The van der Waals surface area contributed by atoms with E-state index in [1.54, 1.807) is 26.0 Å². The molecule has 5 nitrogen and oxygen atoms in total. The molecule has 0 unspecified atom stereocenters. The van der Waals surface area contributed by atoms with Crippen LogP contribution in [0.25, 0.3) is 5.57 Å². The van der Waals surface area contributed by atoms with E-state index in [1.165, 1.54) is 12.1 Å². The molecule has 8 heteroatoms. The van der Waals surface area contributed by atoms with Crippen molar-refractivity contribution in [2.45, 2.75) is 62.1 Å². The van der Waals surface area contributed by atoms with Crippen LogP contribution >= 0.6 is 0 Å². The van der Waals surface area contributed by atoms with Crippen LogP contribution in [0, 0.1) is 0 Å². The van der Waals surface area contributed by atoms with Crippen molar-refractivity contribution in [3.63, 3.8) is 0 Å². The van der Waals surface area contributed by atoms with Crippen LogP contribution in [0.15, 0.2) is 34.9 Å². The third-order valence-electron chi connectivity index (χ3n) is 4.88. The van der Waals surface area contributed by atoms with Crippen LogP contribution in [-0.2, 0) is 24.1 Å². The molecule has 2 aliphatic rings. The summed E-state index contributed by atoms with van der Waals surface area (Å²) in [5, 5.41) is 0. The van der Waals surface area contributed by atoms with Gasteiger partial charge < -0.3 is 9.47 Å². The maximum atomic E-state index is 13.4. The lowest BCUT2D eigenvalue weighted by Crippen LogP contribution is -2.29. The molecule has 1 heterocycles. The zero-order valence-corrected chi connectivity index (χ0v) is 16.2. The van der Waals surface area contributed by atoms with Crippen molar-refractivity contribution in [3.05, 3.63) is 35.6 Å². The van der Waals surface area contributed by atoms with Gasteiger partial charge >= 0.3 is 5.97 Å². The summed E-state index contributed by atoms with van der Waals surface area (Å²) in [4.78, 5) is 12.5. The number of cyclic esters (lactones) is 1. The van der Waals surface area contributed by atoms with Crippen molar-refractivity contribution in [2.75, 3.05) is 6.26 Å². The first-order valence-corrected chi connectivity index (χ1v) is 10.6. The van der Waals surface area contributed by atoms with Gasteiger partial charge in [-0.15, -0.1) is 0 Å². The first kappa shape index (κ1) is 19.8. The zero-order valence-electron chi connectivity index (χ0n) is 15.4. The van der Waals surface area contributed by atoms with Crippen LogP contribution in [0.1, 0.15) is 45.1 Å². The summed E-state index contributed by atoms with van der Waals surface area (Å²) in [6, 6.07) is 6.09. The lowest BCUT2D eigenvalue weighted by atomic mass is 9.91. The van der Waals surface area contributed by atoms with E-state index in [9.17, 15) is 22.0 Å². The predicted molar refractivity (Wildman–Crippen MR) is 94.9 cm³/mol. The average Bonchev–Trinajstić information content (AvgIpc) is 2.77. The Morgan fingerprint density at radius 1 is 1.11 bits per heavy atom. The van der Waals surface area contributed by atoms with Crippen molar-refractivity contribution in [2.24, 2.45) is 0 Å². The molecule has 1 fully saturated rings. The minimum absolute atomic E-state index is 0.0160. The summed E-state index contributed by atoms with van der Waals surface area (Å²) in [5.74, 6) is -3.31. The first-order chi connectivity index (χ1) is 12.4. The summed E-state index contributed by atoms with van der Waals surface area (Å²) in [5.41, 5.74) is 0.108. The predicted octanol–water partition coefficient (Wildman–Crippen LogP) is 3.73. The number of alkyl halides is 2. The minimum Gasteiger partial charge on any atom is -0.483 e. The number of rotatable bonds is 4. The van der Waals surface area contributed by atoms with Crippen molar-refractivity contribution < 1.29 is 31.5 Å². The normalized spacial score (nSPS) is 22.6. The zero-order chi connectivity index (χ0) is 20.0. The van der Waals surface area contributed by atoms with Crippen molar-refractivity contribution in [1.29, 1.82) is 0 Å². The van der Waals surface area contributed by atoms with Crippen LogP contribution < -0.4 is 0 Å². The highest BCUT2D eigenvalue weighted by atomic mass is 32.2. The van der Waals surface area contributed by atoms with Gasteiger partial charge in [0.15, 0.2) is 9.84 Å². The number of hydrogen-bond donors (Lipinski definition) is 0. The van der Waals surface area contributed by atoms with Crippen molar-refractivity contribution >= 4 is 21.4 Å². The molecule has 148 valence electrons. The summed E-state index contributed by atoms with van der Waals surface area (Å²) in [7, 11) is -3.35. The Bertz CT molecular complexity index is 875. The SMILES string of the molecule is CC1(C)OC(=O)C(OC2CCC(F)(F)CC2)=C1c1ccc(S(C)(=O)=O)cc1. The fraction of sp³-hybridized carbons (Fsp3) is 0.526.